The van der Waals surface area contributed by atoms with E-state index in [1.165, 1.54) is 29.3 Å². The molecule has 8 nitrogen and oxygen atoms in total. The molecule has 0 aliphatic rings. The standard InChI is InChI=1S/C13H12N2O2.C10H14O4/c1-10(2)13(17)15(9-3-8-14)11-4-6-12(16)7-5-11;1-3-4-7-14-10(13)8(2)5-6-9(11)12/h3-7,9,16H,1H2,2H3;5-6H,2-4,7H2,1H3,(H,11,12). The number of amides is 1. The molecule has 164 valence electrons. The van der Waals surface area contributed by atoms with Crippen LogP contribution in [0.5, 0.6) is 5.75 Å². The molecule has 1 aromatic rings. The molecule has 31 heavy (non-hydrogen) atoms. The van der Waals surface area contributed by atoms with Gasteiger partial charge in [-0.1, -0.05) is 26.5 Å². The minimum absolute atomic E-state index is 0.0449. The molecule has 1 rings (SSSR count). The van der Waals surface area contributed by atoms with Gasteiger partial charge in [0.1, 0.15) is 5.75 Å². The zero-order valence-corrected chi connectivity index (χ0v) is 17.6. The number of hydrogen-bond acceptors (Lipinski definition) is 6. The summed E-state index contributed by atoms with van der Waals surface area (Å²) >= 11 is 0. The van der Waals surface area contributed by atoms with Gasteiger partial charge in [-0.25, -0.2) is 9.59 Å². The van der Waals surface area contributed by atoms with Crippen LogP contribution in [0.4, 0.5) is 5.69 Å². The number of aromatic hydroxyl groups is 1. The molecule has 0 saturated heterocycles. The molecular weight excluding hydrogens is 400 g/mol. The molecule has 0 radical (unpaired) electrons. The second-order valence-corrected chi connectivity index (χ2v) is 6.10. The number of nitriles is 1. The van der Waals surface area contributed by atoms with E-state index in [2.05, 4.69) is 13.2 Å². The number of unbranched alkanes of at least 4 members (excludes halogenated alkanes) is 1. The third-order valence-corrected chi connectivity index (χ3v) is 3.43. The van der Waals surface area contributed by atoms with Crippen molar-refractivity contribution in [2.45, 2.75) is 26.7 Å². The number of phenols is 1. The first-order chi connectivity index (χ1) is 14.6. The number of allylic oxidation sites excluding steroid dienone is 1. The number of carboxylic acids is 1. The highest BCUT2D eigenvalue weighted by molar-refractivity contribution is 6.06. The lowest BCUT2D eigenvalue weighted by molar-refractivity contribution is -0.138. The van der Waals surface area contributed by atoms with Crippen LogP contribution in [0, 0.1) is 11.3 Å². The monoisotopic (exact) mass is 426 g/mol. The summed E-state index contributed by atoms with van der Waals surface area (Å²) < 4.78 is 4.79. The molecule has 2 N–H and O–H groups in total. The van der Waals surface area contributed by atoms with Crippen molar-refractivity contribution >= 4 is 23.5 Å². The summed E-state index contributed by atoms with van der Waals surface area (Å²) in [6.07, 6.45) is 6.27. The van der Waals surface area contributed by atoms with E-state index in [1.54, 1.807) is 19.1 Å². The largest absolute Gasteiger partial charge is 0.508 e. The van der Waals surface area contributed by atoms with E-state index in [4.69, 9.17) is 15.1 Å². The second kappa shape index (κ2) is 14.8. The number of nitrogens with zero attached hydrogens (tertiary/aromatic N) is 2. The number of benzene rings is 1. The van der Waals surface area contributed by atoms with Crippen molar-refractivity contribution in [3.05, 3.63) is 73.0 Å². The first-order valence-electron chi connectivity index (χ1n) is 9.25. The molecule has 1 aromatic carbocycles. The van der Waals surface area contributed by atoms with Crippen molar-refractivity contribution in [2.75, 3.05) is 11.5 Å². The quantitative estimate of drug-likeness (QED) is 0.202. The third kappa shape index (κ3) is 11.5. The van der Waals surface area contributed by atoms with Gasteiger partial charge >= 0.3 is 11.9 Å². The molecule has 0 saturated carbocycles. The highest BCUT2D eigenvalue weighted by atomic mass is 16.5. The Morgan fingerprint density at radius 1 is 1.19 bits per heavy atom. The number of carbonyl (C=O) groups is 3. The summed E-state index contributed by atoms with van der Waals surface area (Å²) in [4.78, 5) is 34.3. The number of esters is 1. The van der Waals surface area contributed by atoms with Crippen molar-refractivity contribution in [1.29, 1.82) is 5.26 Å². The number of aliphatic carboxylic acids is 1. The van der Waals surface area contributed by atoms with Crippen LogP contribution < -0.4 is 4.90 Å². The van der Waals surface area contributed by atoms with Gasteiger partial charge in [-0.2, -0.15) is 5.26 Å². The summed E-state index contributed by atoms with van der Waals surface area (Å²) in [5, 5.41) is 25.9. The molecule has 0 unspecified atom stereocenters. The van der Waals surface area contributed by atoms with Gasteiger partial charge in [0, 0.05) is 29.6 Å². The molecule has 0 fully saturated rings. The fraction of sp³-hybridized carbons (Fsp3) is 0.217. The van der Waals surface area contributed by atoms with E-state index in [9.17, 15) is 19.5 Å². The Kier molecular flexibility index (Phi) is 12.8. The normalized spacial score (nSPS) is 9.97. The van der Waals surface area contributed by atoms with Gasteiger partial charge < -0.3 is 14.9 Å². The molecule has 1 amide bonds. The minimum atomic E-state index is -1.12. The van der Waals surface area contributed by atoms with E-state index in [0.29, 0.717) is 17.9 Å². The van der Waals surface area contributed by atoms with Crippen molar-refractivity contribution in [1.82, 2.24) is 0 Å². The van der Waals surface area contributed by atoms with Gasteiger partial charge in [-0.15, -0.1) is 0 Å². The van der Waals surface area contributed by atoms with Gasteiger partial charge in [0.05, 0.1) is 18.2 Å². The highest BCUT2D eigenvalue weighted by Crippen LogP contribution is 2.20. The van der Waals surface area contributed by atoms with Crippen molar-refractivity contribution in [2.24, 2.45) is 0 Å². The second-order valence-electron chi connectivity index (χ2n) is 6.10. The van der Waals surface area contributed by atoms with Crippen molar-refractivity contribution < 1.29 is 29.3 Å². The lowest BCUT2D eigenvalue weighted by Gasteiger charge is -2.18. The maximum Gasteiger partial charge on any atom is 0.337 e. The number of ether oxygens (including phenoxy) is 1. The smallest absolute Gasteiger partial charge is 0.337 e. The summed E-state index contributed by atoms with van der Waals surface area (Å²) in [5.74, 6) is -1.88. The Hall–Kier alpha value is -4.12. The lowest BCUT2D eigenvalue weighted by atomic mass is 10.2. The predicted molar refractivity (Wildman–Crippen MR) is 117 cm³/mol. The number of carbonyl (C=O) groups excluding carboxylic acids is 2. The molecular formula is C23H26N2O6. The van der Waals surface area contributed by atoms with Crippen LogP contribution in [-0.4, -0.2) is 34.7 Å². The van der Waals surface area contributed by atoms with Gasteiger partial charge in [-0.05, 0) is 43.7 Å². The van der Waals surface area contributed by atoms with Crippen LogP contribution in [-0.2, 0) is 19.1 Å². The van der Waals surface area contributed by atoms with Crippen molar-refractivity contribution in [3.8, 4) is 11.8 Å². The lowest BCUT2D eigenvalue weighted by Crippen LogP contribution is -2.25. The Morgan fingerprint density at radius 2 is 1.81 bits per heavy atom. The number of hydrogen-bond donors (Lipinski definition) is 2. The summed E-state index contributed by atoms with van der Waals surface area (Å²) in [6.45, 7) is 10.9. The minimum Gasteiger partial charge on any atom is -0.508 e. The number of phenolic OH excluding ortho intramolecular Hbond substituents is 1. The Labute approximate surface area is 181 Å². The average molecular weight is 426 g/mol. The first kappa shape index (κ1) is 26.9. The zero-order valence-electron chi connectivity index (χ0n) is 17.6. The van der Waals surface area contributed by atoms with Crippen LogP contribution >= 0.6 is 0 Å². The Balaban J connectivity index is 0.000000594. The predicted octanol–water partition coefficient (Wildman–Crippen LogP) is 3.87. The molecule has 0 heterocycles. The summed E-state index contributed by atoms with van der Waals surface area (Å²) in [5.41, 5.74) is 0.964. The zero-order chi connectivity index (χ0) is 23.8. The molecule has 0 spiro atoms. The van der Waals surface area contributed by atoms with Gasteiger partial charge in [-0.3, -0.25) is 9.69 Å². The molecule has 0 atom stereocenters. The van der Waals surface area contributed by atoms with E-state index >= 15 is 0 Å². The Morgan fingerprint density at radius 3 is 2.29 bits per heavy atom. The van der Waals surface area contributed by atoms with Crippen LogP contribution in [0.15, 0.2) is 73.0 Å². The molecule has 0 aliphatic heterocycles. The fourth-order valence-corrected chi connectivity index (χ4v) is 1.84. The SMILES string of the molecule is C=C(C)C(=O)N(C=CC#N)c1ccc(O)cc1.C=C(C=CC(=O)O)C(=O)OCCCC. The summed E-state index contributed by atoms with van der Waals surface area (Å²) in [6, 6.07) is 7.92. The number of carboxylic acid groups (broad SMARTS) is 1. The van der Waals surface area contributed by atoms with E-state index in [0.717, 1.165) is 25.0 Å². The molecule has 0 aromatic heterocycles. The first-order valence-corrected chi connectivity index (χ1v) is 9.25. The fourth-order valence-electron chi connectivity index (χ4n) is 1.84. The maximum absolute atomic E-state index is 11.8. The van der Waals surface area contributed by atoms with Crippen LogP contribution in [0.3, 0.4) is 0 Å². The maximum atomic E-state index is 11.8. The van der Waals surface area contributed by atoms with Crippen molar-refractivity contribution in [3.63, 3.8) is 0 Å². The Bertz CT molecular complexity index is 892. The number of rotatable bonds is 9. The topological polar surface area (TPSA) is 128 Å². The van der Waals surface area contributed by atoms with Gasteiger partial charge in [0.15, 0.2) is 0 Å². The highest BCUT2D eigenvalue weighted by Gasteiger charge is 2.13. The number of anilines is 1. The van der Waals surface area contributed by atoms with Gasteiger partial charge in [0.2, 0.25) is 0 Å². The van der Waals surface area contributed by atoms with E-state index in [1.807, 2.05) is 13.0 Å². The molecule has 0 aliphatic carbocycles. The molecule has 0 bridgehead atoms. The molecule has 8 heteroatoms. The van der Waals surface area contributed by atoms with E-state index < -0.39 is 11.9 Å². The van der Waals surface area contributed by atoms with Crippen LogP contribution in [0.1, 0.15) is 26.7 Å². The van der Waals surface area contributed by atoms with E-state index in [-0.39, 0.29) is 17.2 Å². The van der Waals surface area contributed by atoms with Gasteiger partial charge in [0.25, 0.3) is 5.91 Å². The average Bonchev–Trinajstić information content (AvgIpc) is 2.73. The van der Waals surface area contributed by atoms with Crippen LogP contribution in [0.25, 0.3) is 0 Å². The van der Waals surface area contributed by atoms with Crippen LogP contribution in [0.2, 0.25) is 0 Å². The summed E-state index contributed by atoms with van der Waals surface area (Å²) in [7, 11) is 0. The third-order valence-electron chi connectivity index (χ3n) is 3.43.